The van der Waals surface area contributed by atoms with Crippen molar-refractivity contribution in [2.45, 2.75) is 31.2 Å². The number of hydrogen-bond donors (Lipinski definition) is 0. The molecule has 3 aromatic carbocycles. The summed E-state index contributed by atoms with van der Waals surface area (Å²) >= 11 is 0. The summed E-state index contributed by atoms with van der Waals surface area (Å²) in [4.78, 5) is 23.4. The van der Waals surface area contributed by atoms with Gasteiger partial charge >= 0.3 is 0 Å². The fraction of sp³-hybridized carbons (Fsp3) is 0.192. The molecule has 1 unspecified atom stereocenters. The number of rotatable bonds is 6. The smallest absolute Gasteiger partial charge is 0.276 e. The number of benzene rings is 3. The number of ether oxygens (including phenoxy) is 1. The van der Waals surface area contributed by atoms with Crippen LogP contribution >= 0.6 is 0 Å². The monoisotopic (exact) mass is 527 g/mol. The van der Waals surface area contributed by atoms with Crippen LogP contribution in [-0.2, 0) is 19.6 Å². The number of sulfonamides is 1. The van der Waals surface area contributed by atoms with Crippen LogP contribution in [0.4, 0.5) is 14.5 Å². The summed E-state index contributed by atoms with van der Waals surface area (Å²) < 4.78 is 60.2. The SMILES string of the molecule is COc1ccc(C2CC(c3ccc(N(C(C)=O)S(=O)(=O)c4c(F)cccc4F)cc3)=NN2C(C)=O)cc1. The summed E-state index contributed by atoms with van der Waals surface area (Å²) in [6.45, 7) is 2.39. The van der Waals surface area contributed by atoms with Gasteiger partial charge in [0.1, 0.15) is 17.4 Å². The number of anilines is 1. The lowest BCUT2D eigenvalue weighted by Crippen LogP contribution is -2.36. The molecule has 0 saturated carbocycles. The first-order valence-electron chi connectivity index (χ1n) is 11.2. The van der Waals surface area contributed by atoms with Crippen LogP contribution in [0.15, 0.2) is 76.7 Å². The van der Waals surface area contributed by atoms with E-state index < -0.39 is 32.5 Å². The van der Waals surface area contributed by atoms with Crippen LogP contribution in [-0.4, -0.2) is 38.1 Å². The van der Waals surface area contributed by atoms with E-state index in [4.69, 9.17) is 4.74 Å². The second-order valence-electron chi connectivity index (χ2n) is 8.29. The second kappa shape index (κ2) is 10.1. The zero-order valence-corrected chi connectivity index (χ0v) is 21.0. The number of halogens is 2. The predicted octanol–water partition coefficient (Wildman–Crippen LogP) is 4.41. The molecule has 1 aliphatic rings. The summed E-state index contributed by atoms with van der Waals surface area (Å²) in [6, 6.07) is 15.3. The topological polar surface area (TPSA) is 96.3 Å². The Balaban J connectivity index is 1.66. The number of amides is 2. The molecular formula is C26H23F2N3O5S. The van der Waals surface area contributed by atoms with Crippen molar-refractivity contribution in [2.24, 2.45) is 5.10 Å². The molecule has 0 bridgehead atoms. The minimum atomic E-state index is -4.88. The Hall–Kier alpha value is -4.12. The van der Waals surface area contributed by atoms with Crippen LogP contribution < -0.4 is 9.04 Å². The maximum Gasteiger partial charge on any atom is 0.276 e. The molecule has 11 heteroatoms. The van der Waals surface area contributed by atoms with Gasteiger partial charge in [-0.2, -0.15) is 5.10 Å². The molecule has 1 heterocycles. The van der Waals surface area contributed by atoms with Crippen molar-refractivity contribution < 1.29 is 31.5 Å². The fourth-order valence-electron chi connectivity index (χ4n) is 4.16. The molecule has 0 N–H and O–H groups in total. The quantitative estimate of drug-likeness (QED) is 0.473. The third-order valence-corrected chi connectivity index (χ3v) is 7.73. The molecule has 0 radical (unpaired) electrons. The summed E-state index contributed by atoms with van der Waals surface area (Å²) in [7, 11) is -3.32. The molecule has 0 aromatic heterocycles. The molecule has 0 aliphatic carbocycles. The van der Waals surface area contributed by atoms with E-state index in [9.17, 15) is 26.8 Å². The molecule has 8 nitrogen and oxygen atoms in total. The van der Waals surface area contributed by atoms with Crippen LogP contribution in [0.5, 0.6) is 5.75 Å². The normalized spacial score (nSPS) is 15.3. The number of carbonyl (C=O) groups excluding carboxylic acids is 2. The van der Waals surface area contributed by atoms with Gasteiger partial charge in [0.25, 0.3) is 10.0 Å². The molecule has 1 atom stereocenters. The average Bonchev–Trinajstić information content (AvgIpc) is 3.30. The van der Waals surface area contributed by atoms with Crippen molar-refractivity contribution in [3.05, 3.63) is 89.5 Å². The van der Waals surface area contributed by atoms with Crippen molar-refractivity contribution in [2.75, 3.05) is 11.4 Å². The Morgan fingerprint density at radius 1 is 0.973 bits per heavy atom. The molecule has 0 spiro atoms. The summed E-state index contributed by atoms with van der Waals surface area (Å²) in [6.07, 6.45) is 0.389. The standard InChI is InChI=1S/C26H23F2N3O5S/c1-16(32)30-25(19-9-13-21(36-3)14-10-19)15-24(29-30)18-7-11-20(12-8-18)31(17(2)33)37(34,35)26-22(27)5-4-6-23(26)28/h4-14,25H,15H2,1-3H3. The zero-order valence-electron chi connectivity index (χ0n) is 20.2. The molecule has 1 aliphatic heterocycles. The van der Waals surface area contributed by atoms with E-state index >= 15 is 0 Å². The van der Waals surface area contributed by atoms with Gasteiger partial charge in [-0.1, -0.05) is 30.3 Å². The minimum absolute atomic E-state index is 0.104. The largest absolute Gasteiger partial charge is 0.497 e. The highest BCUT2D eigenvalue weighted by molar-refractivity contribution is 7.93. The van der Waals surface area contributed by atoms with Gasteiger partial charge in [-0.3, -0.25) is 9.59 Å². The predicted molar refractivity (Wildman–Crippen MR) is 133 cm³/mol. The number of methoxy groups -OCH3 is 1. The summed E-state index contributed by atoms with van der Waals surface area (Å²) in [5.74, 6) is -3.15. The molecule has 192 valence electrons. The molecule has 0 saturated heterocycles. The Morgan fingerprint density at radius 3 is 2.08 bits per heavy atom. The van der Waals surface area contributed by atoms with Crippen molar-refractivity contribution >= 4 is 33.2 Å². The van der Waals surface area contributed by atoms with Crippen molar-refractivity contribution in [1.82, 2.24) is 5.01 Å². The molecule has 0 fully saturated rings. The summed E-state index contributed by atoms with van der Waals surface area (Å²) in [5, 5.41) is 5.83. The van der Waals surface area contributed by atoms with Gasteiger partial charge in [0.2, 0.25) is 11.8 Å². The highest BCUT2D eigenvalue weighted by Gasteiger charge is 2.35. The van der Waals surface area contributed by atoms with E-state index in [0.717, 1.165) is 30.7 Å². The lowest BCUT2D eigenvalue weighted by molar-refractivity contribution is -0.130. The fourth-order valence-corrected chi connectivity index (χ4v) is 5.71. The van der Waals surface area contributed by atoms with E-state index in [1.807, 2.05) is 12.1 Å². The zero-order chi connectivity index (χ0) is 26.9. The molecule has 3 aromatic rings. The second-order valence-corrected chi connectivity index (χ2v) is 10.0. The van der Waals surface area contributed by atoms with Crippen LogP contribution in [0.1, 0.15) is 37.4 Å². The highest BCUT2D eigenvalue weighted by Crippen LogP contribution is 2.34. The van der Waals surface area contributed by atoms with E-state index in [0.29, 0.717) is 27.8 Å². The summed E-state index contributed by atoms with van der Waals surface area (Å²) in [5.41, 5.74) is 1.91. The first-order valence-corrected chi connectivity index (χ1v) is 12.6. The van der Waals surface area contributed by atoms with Gasteiger partial charge in [-0.25, -0.2) is 26.5 Å². The van der Waals surface area contributed by atoms with Crippen LogP contribution in [0.2, 0.25) is 0 Å². The van der Waals surface area contributed by atoms with Gasteiger partial charge in [-0.05, 0) is 47.5 Å². The highest BCUT2D eigenvalue weighted by atomic mass is 32.2. The van der Waals surface area contributed by atoms with Crippen molar-refractivity contribution in [3.8, 4) is 5.75 Å². The Labute approximate surface area is 212 Å². The van der Waals surface area contributed by atoms with Gasteiger partial charge in [0.05, 0.1) is 24.6 Å². The molecular weight excluding hydrogens is 504 g/mol. The van der Waals surface area contributed by atoms with Gasteiger partial charge in [0, 0.05) is 20.3 Å². The van der Waals surface area contributed by atoms with Gasteiger partial charge in [0.15, 0.2) is 4.90 Å². The van der Waals surface area contributed by atoms with Crippen LogP contribution in [0.3, 0.4) is 0 Å². The molecule has 4 rings (SSSR count). The number of hydrazone groups is 1. The van der Waals surface area contributed by atoms with E-state index in [2.05, 4.69) is 5.10 Å². The minimum Gasteiger partial charge on any atom is -0.497 e. The van der Waals surface area contributed by atoms with Gasteiger partial charge < -0.3 is 4.74 Å². The van der Waals surface area contributed by atoms with Crippen LogP contribution in [0.25, 0.3) is 0 Å². The Bertz CT molecular complexity index is 1470. The first kappa shape index (κ1) is 26.0. The lowest BCUT2D eigenvalue weighted by Gasteiger charge is -2.22. The average molecular weight is 528 g/mol. The number of nitrogens with zero attached hydrogens (tertiary/aromatic N) is 3. The van der Waals surface area contributed by atoms with E-state index in [-0.39, 0.29) is 17.6 Å². The number of carbonyl (C=O) groups is 2. The van der Waals surface area contributed by atoms with E-state index in [1.165, 1.54) is 36.2 Å². The lowest BCUT2D eigenvalue weighted by atomic mass is 9.98. The van der Waals surface area contributed by atoms with Gasteiger partial charge in [-0.15, -0.1) is 0 Å². The third-order valence-electron chi connectivity index (χ3n) is 5.87. The maximum absolute atomic E-state index is 14.3. The number of hydrogen-bond acceptors (Lipinski definition) is 6. The van der Waals surface area contributed by atoms with Crippen molar-refractivity contribution in [1.29, 1.82) is 0 Å². The van der Waals surface area contributed by atoms with Crippen molar-refractivity contribution in [3.63, 3.8) is 0 Å². The maximum atomic E-state index is 14.3. The Morgan fingerprint density at radius 2 is 1.57 bits per heavy atom. The van der Waals surface area contributed by atoms with E-state index in [1.54, 1.807) is 19.2 Å². The Kier molecular flexibility index (Phi) is 7.08. The molecule has 2 amide bonds. The first-order chi connectivity index (χ1) is 17.5. The molecule has 37 heavy (non-hydrogen) atoms. The van der Waals surface area contributed by atoms with Crippen LogP contribution in [0, 0.1) is 11.6 Å². The third kappa shape index (κ3) is 4.94.